The molecule has 0 bridgehead atoms. The summed E-state index contributed by atoms with van der Waals surface area (Å²) in [5.41, 5.74) is 0. The Morgan fingerprint density at radius 3 is 1.35 bits per heavy atom. The number of unbranched alkanes of at least 4 members (excludes halogenated alkanes) is 33. The topological polar surface area (TPSA) is 189 Å². The van der Waals surface area contributed by atoms with E-state index in [1.807, 2.05) is 0 Å². The van der Waals surface area contributed by atoms with E-state index >= 15 is 0 Å². The molecule has 74 heavy (non-hydrogen) atoms. The standard InChI is InChI=1S/C63H117NO10/c1-3-5-7-9-11-13-15-17-19-21-23-25-26-27-28-29-30-31-33-34-36-38-40-42-44-46-48-50-55(66)58(68)54(53-73-63-61(71)60(70)59(69)57(52-65)74-63)64-62(72)56(67)51-49-47-45-43-41-39-37-35-32-24-22-20-18-16-14-12-10-8-6-4-2/h6,8,12,14,34,36,42,44,54-61,63,65-71H,3-5,7,9-11,13,15-33,35,37-41,43,45-53H2,1-2H3,(H,64,72)/b8-6-,14-12-,36-34+,44-42+. The third-order valence-corrected chi connectivity index (χ3v) is 14.8. The van der Waals surface area contributed by atoms with E-state index in [1.54, 1.807) is 0 Å². The molecule has 1 aliphatic rings. The Kier molecular flexibility index (Phi) is 49.1. The van der Waals surface area contributed by atoms with E-state index in [0.29, 0.717) is 19.3 Å². The first kappa shape index (κ1) is 70.1. The van der Waals surface area contributed by atoms with Crippen molar-refractivity contribution in [3.63, 3.8) is 0 Å². The molecule has 0 aromatic rings. The SMILES string of the molecule is CC/C=C\C/C=C\CCCCCCCCCCCCCCCC(O)C(=O)NC(COC1OC(CO)C(O)C(O)C1O)C(O)C(O)CCC/C=C/CC/C=C/CCCCCCCCCCCCCCCCCCCC. The van der Waals surface area contributed by atoms with Gasteiger partial charge in [0.1, 0.15) is 36.6 Å². The van der Waals surface area contributed by atoms with E-state index < -0.39 is 74.2 Å². The van der Waals surface area contributed by atoms with Gasteiger partial charge in [0.2, 0.25) is 5.91 Å². The van der Waals surface area contributed by atoms with Gasteiger partial charge in [-0.05, 0) is 77.0 Å². The van der Waals surface area contributed by atoms with E-state index in [1.165, 1.54) is 180 Å². The molecule has 0 spiro atoms. The summed E-state index contributed by atoms with van der Waals surface area (Å²) >= 11 is 0. The van der Waals surface area contributed by atoms with Crippen LogP contribution in [0.3, 0.4) is 0 Å². The molecule has 434 valence electrons. The number of aliphatic hydroxyl groups excluding tert-OH is 7. The Bertz CT molecular complexity index is 1340. The van der Waals surface area contributed by atoms with Gasteiger partial charge < -0.3 is 50.5 Å². The highest BCUT2D eigenvalue weighted by Gasteiger charge is 2.44. The first-order valence-corrected chi connectivity index (χ1v) is 31.0. The van der Waals surface area contributed by atoms with Gasteiger partial charge in [0.15, 0.2) is 6.29 Å². The normalized spacial score (nSPS) is 20.1. The van der Waals surface area contributed by atoms with E-state index in [0.717, 1.165) is 51.4 Å². The number of nitrogens with one attached hydrogen (secondary N) is 1. The predicted octanol–water partition coefficient (Wildman–Crippen LogP) is 13.6. The summed E-state index contributed by atoms with van der Waals surface area (Å²) in [6.07, 6.45) is 54.6. The summed E-state index contributed by atoms with van der Waals surface area (Å²) in [7, 11) is 0. The lowest BCUT2D eigenvalue weighted by Crippen LogP contribution is -2.60. The molecule has 11 heteroatoms. The first-order chi connectivity index (χ1) is 36.2. The third-order valence-electron chi connectivity index (χ3n) is 14.8. The summed E-state index contributed by atoms with van der Waals surface area (Å²) in [5.74, 6) is -0.710. The molecule has 0 aliphatic carbocycles. The van der Waals surface area contributed by atoms with Crippen LogP contribution in [0.2, 0.25) is 0 Å². The van der Waals surface area contributed by atoms with Crippen LogP contribution in [0.5, 0.6) is 0 Å². The maximum absolute atomic E-state index is 13.2. The van der Waals surface area contributed by atoms with Crippen LogP contribution in [0.1, 0.15) is 277 Å². The number of amides is 1. The quantitative estimate of drug-likeness (QED) is 0.0215. The lowest BCUT2D eigenvalue weighted by Gasteiger charge is -2.40. The van der Waals surface area contributed by atoms with Gasteiger partial charge in [-0.25, -0.2) is 0 Å². The molecule has 1 heterocycles. The average molecular weight is 1050 g/mol. The third kappa shape index (κ3) is 39.4. The summed E-state index contributed by atoms with van der Waals surface area (Å²) in [6.45, 7) is 3.36. The lowest BCUT2D eigenvalue weighted by atomic mass is 9.98. The monoisotopic (exact) mass is 1050 g/mol. The van der Waals surface area contributed by atoms with Crippen LogP contribution >= 0.6 is 0 Å². The van der Waals surface area contributed by atoms with Crippen molar-refractivity contribution in [1.29, 1.82) is 0 Å². The minimum Gasteiger partial charge on any atom is -0.394 e. The van der Waals surface area contributed by atoms with Gasteiger partial charge in [-0.15, -0.1) is 0 Å². The molecule has 0 aromatic heterocycles. The molecular formula is C63H117NO10. The van der Waals surface area contributed by atoms with Gasteiger partial charge in [0.25, 0.3) is 0 Å². The van der Waals surface area contributed by atoms with Crippen LogP contribution in [-0.2, 0) is 14.3 Å². The van der Waals surface area contributed by atoms with Crippen LogP contribution in [0, 0.1) is 0 Å². The maximum atomic E-state index is 13.2. The molecule has 1 amide bonds. The van der Waals surface area contributed by atoms with Gasteiger partial charge in [-0.3, -0.25) is 4.79 Å². The minimum atomic E-state index is -1.67. The Hall–Kier alpha value is -1.93. The summed E-state index contributed by atoms with van der Waals surface area (Å²) in [5, 5.41) is 76.2. The van der Waals surface area contributed by atoms with E-state index in [2.05, 4.69) is 67.8 Å². The summed E-state index contributed by atoms with van der Waals surface area (Å²) in [6, 6.07) is -1.19. The fourth-order valence-corrected chi connectivity index (χ4v) is 9.85. The Balaban J connectivity index is 2.30. The molecule has 8 N–H and O–H groups in total. The van der Waals surface area contributed by atoms with E-state index in [-0.39, 0.29) is 12.8 Å². The molecule has 9 atom stereocenters. The second kappa shape index (κ2) is 51.8. The minimum absolute atomic E-state index is 0.246. The number of allylic oxidation sites excluding steroid dienone is 8. The van der Waals surface area contributed by atoms with Crippen LogP contribution < -0.4 is 5.32 Å². The van der Waals surface area contributed by atoms with Crippen molar-refractivity contribution in [3.05, 3.63) is 48.6 Å². The van der Waals surface area contributed by atoms with E-state index in [4.69, 9.17) is 9.47 Å². The van der Waals surface area contributed by atoms with Gasteiger partial charge in [0.05, 0.1) is 25.4 Å². The maximum Gasteiger partial charge on any atom is 0.249 e. The van der Waals surface area contributed by atoms with Crippen LogP contribution in [0.15, 0.2) is 48.6 Å². The number of carbonyl (C=O) groups is 1. The van der Waals surface area contributed by atoms with Gasteiger partial charge in [0, 0.05) is 0 Å². The molecular weight excluding hydrogens is 931 g/mol. The Morgan fingerprint density at radius 1 is 0.486 bits per heavy atom. The number of hydrogen-bond donors (Lipinski definition) is 8. The zero-order valence-corrected chi connectivity index (χ0v) is 47.6. The predicted molar refractivity (Wildman–Crippen MR) is 307 cm³/mol. The molecule has 0 saturated carbocycles. The zero-order valence-electron chi connectivity index (χ0n) is 47.6. The van der Waals surface area contributed by atoms with Crippen molar-refractivity contribution in [2.75, 3.05) is 13.2 Å². The molecule has 0 radical (unpaired) electrons. The zero-order chi connectivity index (χ0) is 54.0. The van der Waals surface area contributed by atoms with Crippen molar-refractivity contribution in [1.82, 2.24) is 5.32 Å². The summed E-state index contributed by atoms with van der Waals surface area (Å²) < 4.78 is 11.1. The Morgan fingerprint density at radius 2 is 0.892 bits per heavy atom. The van der Waals surface area contributed by atoms with Crippen LogP contribution in [0.4, 0.5) is 0 Å². The Labute approximate surface area is 453 Å². The first-order valence-electron chi connectivity index (χ1n) is 31.0. The average Bonchev–Trinajstić information content (AvgIpc) is 3.40. The fraction of sp³-hybridized carbons (Fsp3) is 0.857. The van der Waals surface area contributed by atoms with E-state index in [9.17, 15) is 40.5 Å². The molecule has 9 unspecified atom stereocenters. The number of rotatable bonds is 53. The van der Waals surface area contributed by atoms with Crippen molar-refractivity contribution >= 4 is 5.91 Å². The molecule has 0 aromatic carbocycles. The van der Waals surface area contributed by atoms with Crippen LogP contribution in [-0.4, -0.2) is 110 Å². The summed E-state index contributed by atoms with van der Waals surface area (Å²) in [4.78, 5) is 13.2. The highest BCUT2D eigenvalue weighted by atomic mass is 16.7. The smallest absolute Gasteiger partial charge is 0.249 e. The van der Waals surface area contributed by atoms with Crippen LogP contribution in [0.25, 0.3) is 0 Å². The number of hydrogen-bond acceptors (Lipinski definition) is 10. The molecule has 1 fully saturated rings. The largest absolute Gasteiger partial charge is 0.394 e. The van der Waals surface area contributed by atoms with Crippen molar-refractivity contribution in [2.45, 2.75) is 332 Å². The molecule has 11 nitrogen and oxygen atoms in total. The van der Waals surface area contributed by atoms with Crippen molar-refractivity contribution < 1.29 is 50.0 Å². The number of ether oxygens (including phenoxy) is 2. The lowest BCUT2D eigenvalue weighted by molar-refractivity contribution is -0.303. The molecule has 1 saturated heterocycles. The molecule has 1 aliphatic heterocycles. The van der Waals surface area contributed by atoms with Gasteiger partial charge >= 0.3 is 0 Å². The van der Waals surface area contributed by atoms with Crippen molar-refractivity contribution in [3.8, 4) is 0 Å². The highest BCUT2D eigenvalue weighted by Crippen LogP contribution is 2.23. The second-order valence-electron chi connectivity index (χ2n) is 21.7. The molecule has 1 rings (SSSR count). The number of carbonyl (C=O) groups excluding carboxylic acids is 1. The highest BCUT2D eigenvalue weighted by molar-refractivity contribution is 5.80. The van der Waals surface area contributed by atoms with Crippen molar-refractivity contribution in [2.24, 2.45) is 0 Å². The second-order valence-corrected chi connectivity index (χ2v) is 21.7. The fourth-order valence-electron chi connectivity index (χ4n) is 9.85. The van der Waals surface area contributed by atoms with Gasteiger partial charge in [-0.2, -0.15) is 0 Å². The van der Waals surface area contributed by atoms with Gasteiger partial charge in [-0.1, -0.05) is 249 Å². The number of aliphatic hydroxyl groups is 7.